The number of nitrogens with zero attached hydrogens (tertiary/aromatic N) is 3. The van der Waals surface area contributed by atoms with Crippen LogP contribution in [0, 0.1) is 0 Å². The molecule has 1 amide bonds. The van der Waals surface area contributed by atoms with Gasteiger partial charge in [0, 0.05) is 38.0 Å². The van der Waals surface area contributed by atoms with Crippen LogP contribution < -0.4 is 10.1 Å². The predicted octanol–water partition coefficient (Wildman–Crippen LogP) is 3.06. The minimum absolute atomic E-state index is 0. The lowest BCUT2D eigenvalue weighted by atomic mass is 10.1. The lowest BCUT2D eigenvalue weighted by molar-refractivity contribution is 0.0500. The quantitative estimate of drug-likeness (QED) is 0.725. The molecule has 7 nitrogen and oxygen atoms in total. The number of hydrogen-bond acceptors (Lipinski definition) is 5. The van der Waals surface area contributed by atoms with Crippen molar-refractivity contribution in [3.8, 4) is 5.75 Å². The fraction of sp³-hybridized carbons (Fsp3) is 0.545. The maximum Gasteiger partial charge on any atom is 0.274 e. The van der Waals surface area contributed by atoms with Crippen LogP contribution in [0.4, 0.5) is 0 Å². The Hall–Kier alpha value is -2.09. The Bertz CT molecular complexity index is 816. The highest BCUT2D eigenvalue weighted by Gasteiger charge is 2.26. The molecule has 164 valence electrons. The van der Waals surface area contributed by atoms with Gasteiger partial charge in [0.25, 0.3) is 5.91 Å². The Balaban J connectivity index is 0.00000256. The summed E-state index contributed by atoms with van der Waals surface area (Å²) in [6.45, 7) is 3.76. The number of nitrogens with one attached hydrogen (secondary N) is 1. The molecule has 3 heterocycles. The maximum atomic E-state index is 13.4. The molecule has 0 spiro atoms. The van der Waals surface area contributed by atoms with E-state index < -0.39 is 0 Å². The molecule has 2 aromatic rings. The SMILES string of the molecule is COc1ccccc1CN(CC1CCCO1)C(=O)c1ccn(C2CCCNC2)n1.Cl. The van der Waals surface area contributed by atoms with Crippen molar-refractivity contribution in [1.29, 1.82) is 0 Å². The molecule has 2 unspecified atom stereocenters. The van der Waals surface area contributed by atoms with Crippen LogP contribution >= 0.6 is 12.4 Å². The van der Waals surface area contributed by atoms with Gasteiger partial charge in [-0.15, -0.1) is 12.4 Å². The molecule has 8 heteroatoms. The van der Waals surface area contributed by atoms with E-state index in [1.807, 2.05) is 46.1 Å². The average molecular weight is 435 g/mol. The van der Waals surface area contributed by atoms with E-state index in [0.717, 1.165) is 56.7 Å². The standard InChI is InChI=1S/C22H30N4O3.ClH/c1-28-21-9-3-2-6-17(21)15-25(16-19-8-5-13-29-19)22(27)20-10-12-26(24-20)18-7-4-11-23-14-18;/h2-3,6,9-10,12,18-19,23H,4-5,7-8,11,13-16H2,1H3;1H. The summed E-state index contributed by atoms with van der Waals surface area (Å²) >= 11 is 0. The first-order chi connectivity index (χ1) is 14.2. The van der Waals surface area contributed by atoms with Gasteiger partial charge in [-0.25, -0.2) is 0 Å². The number of carbonyl (C=O) groups is 1. The van der Waals surface area contributed by atoms with Gasteiger partial charge in [0.05, 0.1) is 19.3 Å². The summed E-state index contributed by atoms with van der Waals surface area (Å²) in [6, 6.07) is 9.98. The average Bonchev–Trinajstić information content (AvgIpc) is 3.46. The van der Waals surface area contributed by atoms with E-state index in [-0.39, 0.29) is 24.4 Å². The summed E-state index contributed by atoms with van der Waals surface area (Å²) in [5, 5.41) is 8.03. The van der Waals surface area contributed by atoms with Crippen LogP contribution in [0.2, 0.25) is 0 Å². The van der Waals surface area contributed by atoms with Crippen molar-refractivity contribution in [2.75, 3.05) is 33.4 Å². The molecule has 0 bridgehead atoms. The van der Waals surface area contributed by atoms with E-state index in [2.05, 4.69) is 10.4 Å². The van der Waals surface area contributed by atoms with Crippen LogP contribution in [0.15, 0.2) is 36.5 Å². The van der Waals surface area contributed by atoms with Crippen molar-refractivity contribution in [3.63, 3.8) is 0 Å². The molecule has 2 aliphatic rings. The monoisotopic (exact) mass is 434 g/mol. The summed E-state index contributed by atoms with van der Waals surface area (Å²) in [5.74, 6) is 0.727. The number of rotatable bonds is 7. The number of carbonyl (C=O) groups excluding carboxylic acids is 1. The van der Waals surface area contributed by atoms with E-state index in [9.17, 15) is 4.79 Å². The van der Waals surface area contributed by atoms with Crippen LogP contribution in [0.25, 0.3) is 0 Å². The zero-order valence-electron chi connectivity index (χ0n) is 17.5. The number of aromatic nitrogens is 2. The van der Waals surface area contributed by atoms with E-state index in [1.54, 1.807) is 7.11 Å². The molecule has 2 atom stereocenters. The summed E-state index contributed by atoms with van der Waals surface area (Å²) < 4.78 is 13.2. The van der Waals surface area contributed by atoms with Gasteiger partial charge in [-0.05, 0) is 44.4 Å². The Morgan fingerprint density at radius 1 is 1.30 bits per heavy atom. The fourth-order valence-corrected chi connectivity index (χ4v) is 4.17. The molecule has 2 saturated heterocycles. The highest BCUT2D eigenvalue weighted by molar-refractivity contribution is 5.92. The zero-order chi connectivity index (χ0) is 20.1. The van der Waals surface area contributed by atoms with Gasteiger partial charge in [-0.1, -0.05) is 18.2 Å². The molecule has 1 aromatic carbocycles. The molecule has 4 rings (SSSR count). The third-order valence-corrected chi connectivity index (χ3v) is 5.76. The second-order valence-corrected chi connectivity index (χ2v) is 7.81. The summed E-state index contributed by atoms with van der Waals surface area (Å²) in [7, 11) is 1.66. The third-order valence-electron chi connectivity index (χ3n) is 5.76. The van der Waals surface area contributed by atoms with Crippen LogP contribution in [0.3, 0.4) is 0 Å². The summed E-state index contributed by atoms with van der Waals surface area (Å²) in [4.78, 5) is 15.2. The van der Waals surface area contributed by atoms with Crippen LogP contribution in [-0.4, -0.2) is 60.0 Å². The van der Waals surface area contributed by atoms with Crippen molar-refractivity contribution in [1.82, 2.24) is 20.0 Å². The topological polar surface area (TPSA) is 68.6 Å². The van der Waals surface area contributed by atoms with Gasteiger partial charge in [-0.3, -0.25) is 9.48 Å². The van der Waals surface area contributed by atoms with E-state index in [4.69, 9.17) is 9.47 Å². The number of ether oxygens (including phenoxy) is 2. The highest BCUT2D eigenvalue weighted by Crippen LogP contribution is 2.23. The highest BCUT2D eigenvalue weighted by atomic mass is 35.5. The fourth-order valence-electron chi connectivity index (χ4n) is 4.17. The second-order valence-electron chi connectivity index (χ2n) is 7.81. The number of para-hydroxylation sites is 1. The molecular formula is C22H31ClN4O3. The molecule has 0 aliphatic carbocycles. The summed E-state index contributed by atoms with van der Waals surface area (Å²) in [6.07, 6.45) is 6.26. The van der Waals surface area contributed by atoms with Gasteiger partial charge >= 0.3 is 0 Å². The third kappa shape index (κ3) is 5.33. The Kier molecular flexibility index (Phi) is 8.13. The molecule has 2 fully saturated rings. The minimum Gasteiger partial charge on any atom is -0.496 e. The number of hydrogen-bond donors (Lipinski definition) is 1. The van der Waals surface area contributed by atoms with E-state index in [1.165, 1.54) is 0 Å². The van der Waals surface area contributed by atoms with Crippen molar-refractivity contribution >= 4 is 18.3 Å². The van der Waals surface area contributed by atoms with Gasteiger partial charge < -0.3 is 19.7 Å². The smallest absolute Gasteiger partial charge is 0.274 e. The largest absolute Gasteiger partial charge is 0.496 e. The number of amides is 1. The lowest BCUT2D eigenvalue weighted by Gasteiger charge is -2.26. The summed E-state index contributed by atoms with van der Waals surface area (Å²) in [5.41, 5.74) is 1.47. The zero-order valence-corrected chi connectivity index (χ0v) is 18.3. The van der Waals surface area contributed by atoms with Gasteiger partial charge in [0.2, 0.25) is 0 Å². The van der Waals surface area contributed by atoms with Gasteiger partial charge in [0.15, 0.2) is 0 Å². The van der Waals surface area contributed by atoms with Crippen LogP contribution in [0.5, 0.6) is 5.75 Å². The number of methoxy groups -OCH3 is 1. The molecule has 2 aliphatic heterocycles. The number of piperidine rings is 1. The Morgan fingerprint density at radius 3 is 2.90 bits per heavy atom. The minimum atomic E-state index is -0.0612. The maximum absolute atomic E-state index is 13.4. The molecular weight excluding hydrogens is 404 g/mol. The van der Waals surface area contributed by atoms with Gasteiger partial charge in [-0.2, -0.15) is 5.10 Å². The van der Waals surface area contributed by atoms with Crippen molar-refractivity contribution in [2.24, 2.45) is 0 Å². The Morgan fingerprint density at radius 2 is 2.17 bits per heavy atom. The molecule has 1 N–H and O–H groups in total. The van der Waals surface area contributed by atoms with E-state index >= 15 is 0 Å². The number of halogens is 1. The first-order valence-electron chi connectivity index (χ1n) is 10.5. The van der Waals surface area contributed by atoms with Crippen LogP contribution in [-0.2, 0) is 11.3 Å². The number of benzene rings is 1. The predicted molar refractivity (Wildman–Crippen MR) is 117 cm³/mol. The Labute approximate surface area is 184 Å². The lowest BCUT2D eigenvalue weighted by Crippen LogP contribution is -2.37. The normalized spacial score (nSPS) is 21.1. The molecule has 0 saturated carbocycles. The first-order valence-corrected chi connectivity index (χ1v) is 10.5. The second kappa shape index (κ2) is 10.8. The van der Waals surface area contributed by atoms with Crippen molar-refractivity contribution in [3.05, 3.63) is 47.8 Å². The molecule has 1 aromatic heterocycles. The van der Waals surface area contributed by atoms with E-state index in [0.29, 0.717) is 24.8 Å². The van der Waals surface area contributed by atoms with Gasteiger partial charge in [0.1, 0.15) is 11.4 Å². The first kappa shape index (κ1) is 22.6. The van der Waals surface area contributed by atoms with Crippen molar-refractivity contribution in [2.45, 2.75) is 44.4 Å². The van der Waals surface area contributed by atoms with Crippen LogP contribution in [0.1, 0.15) is 47.8 Å². The molecule has 0 radical (unpaired) electrons. The van der Waals surface area contributed by atoms with Crippen molar-refractivity contribution < 1.29 is 14.3 Å². The molecule has 30 heavy (non-hydrogen) atoms.